The summed E-state index contributed by atoms with van der Waals surface area (Å²) in [6, 6.07) is 16.6. The first-order valence-corrected chi connectivity index (χ1v) is 11.8. The summed E-state index contributed by atoms with van der Waals surface area (Å²) in [4.78, 5) is 12.1. The minimum atomic E-state index is -3.83. The Kier molecular flexibility index (Phi) is 7.64. The van der Waals surface area contributed by atoms with Crippen LogP contribution in [0.2, 0.25) is 0 Å². The average Bonchev–Trinajstić information content (AvgIpc) is 2.79. The zero-order chi connectivity index (χ0) is 22.4. The van der Waals surface area contributed by atoms with Crippen LogP contribution in [0, 0.1) is 6.92 Å². The SMILES string of the molecule is COCCC(C(=O)OC)S(=O)(=O)N1CC=C(c2ccc(-c3ccccc3)c(C)c2)CC1. The van der Waals surface area contributed by atoms with E-state index in [2.05, 4.69) is 37.3 Å². The van der Waals surface area contributed by atoms with Gasteiger partial charge in [-0.05, 0) is 47.6 Å². The molecule has 6 nitrogen and oxygen atoms in total. The van der Waals surface area contributed by atoms with Gasteiger partial charge in [0.1, 0.15) is 0 Å². The van der Waals surface area contributed by atoms with E-state index in [-0.39, 0.29) is 19.6 Å². The van der Waals surface area contributed by atoms with E-state index in [1.54, 1.807) is 0 Å². The van der Waals surface area contributed by atoms with E-state index < -0.39 is 21.2 Å². The molecule has 166 valence electrons. The fourth-order valence-electron chi connectivity index (χ4n) is 3.87. The molecule has 1 aliphatic heterocycles. The number of hydrogen-bond donors (Lipinski definition) is 0. The Labute approximate surface area is 184 Å². The average molecular weight is 444 g/mol. The van der Waals surface area contributed by atoms with Crippen molar-refractivity contribution in [3.8, 4) is 11.1 Å². The first-order valence-electron chi connectivity index (χ1n) is 10.3. The van der Waals surface area contributed by atoms with Crippen LogP contribution in [0.15, 0.2) is 54.6 Å². The Hall–Kier alpha value is -2.48. The van der Waals surface area contributed by atoms with Gasteiger partial charge in [-0.15, -0.1) is 0 Å². The number of sulfonamides is 1. The lowest BCUT2D eigenvalue weighted by molar-refractivity contribution is -0.140. The number of aryl methyl sites for hydroxylation is 1. The molecule has 1 heterocycles. The number of nitrogens with zero attached hydrogens (tertiary/aromatic N) is 1. The number of esters is 1. The van der Waals surface area contributed by atoms with E-state index in [9.17, 15) is 13.2 Å². The Morgan fingerprint density at radius 1 is 1.10 bits per heavy atom. The third-order valence-electron chi connectivity index (χ3n) is 5.62. The normalized spacial score (nSPS) is 15.9. The molecule has 0 spiro atoms. The van der Waals surface area contributed by atoms with Crippen molar-refractivity contribution in [3.63, 3.8) is 0 Å². The van der Waals surface area contributed by atoms with E-state index in [0.717, 1.165) is 11.1 Å². The quantitative estimate of drug-likeness (QED) is 0.582. The van der Waals surface area contributed by atoms with E-state index in [1.165, 1.54) is 35.2 Å². The van der Waals surface area contributed by atoms with Gasteiger partial charge >= 0.3 is 5.97 Å². The van der Waals surface area contributed by atoms with Crippen LogP contribution in [0.5, 0.6) is 0 Å². The predicted octanol–water partition coefficient (Wildman–Crippen LogP) is 3.66. The topological polar surface area (TPSA) is 72.9 Å². The monoisotopic (exact) mass is 443 g/mol. The highest BCUT2D eigenvalue weighted by Crippen LogP contribution is 2.30. The largest absolute Gasteiger partial charge is 0.468 e. The van der Waals surface area contributed by atoms with Crippen LogP contribution in [-0.2, 0) is 24.3 Å². The summed E-state index contributed by atoms with van der Waals surface area (Å²) in [6.45, 7) is 2.81. The molecule has 31 heavy (non-hydrogen) atoms. The maximum atomic E-state index is 13.0. The molecular weight excluding hydrogens is 414 g/mol. The highest BCUT2D eigenvalue weighted by atomic mass is 32.2. The number of carbonyl (C=O) groups excluding carboxylic acids is 1. The Balaban J connectivity index is 1.77. The van der Waals surface area contributed by atoms with E-state index in [0.29, 0.717) is 13.0 Å². The number of benzene rings is 2. The Morgan fingerprint density at radius 2 is 1.84 bits per heavy atom. The van der Waals surface area contributed by atoms with Crippen molar-refractivity contribution in [2.45, 2.75) is 25.0 Å². The van der Waals surface area contributed by atoms with Crippen LogP contribution in [0.3, 0.4) is 0 Å². The molecule has 3 rings (SSSR count). The fourth-order valence-corrected chi connectivity index (χ4v) is 5.59. The van der Waals surface area contributed by atoms with Crippen LogP contribution in [-0.4, -0.2) is 57.9 Å². The number of hydrogen-bond acceptors (Lipinski definition) is 5. The first kappa shape index (κ1) is 23.2. The second-order valence-corrected chi connectivity index (χ2v) is 9.69. The van der Waals surface area contributed by atoms with Gasteiger partial charge in [-0.3, -0.25) is 4.79 Å². The number of ether oxygens (including phenoxy) is 2. The smallest absolute Gasteiger partial charge is 0.325 e. The molecule has 0 aromatic heterocycles. The van der Waals surface area contributed by atoms with E-state index in [4.69, 9.17) is 9.47 Å². The number of methoxy groups -OCH3 is 2. The van der Waals surface area contributed by atoms with Crippen LogP contribution in [0.1, 0.15) is 24.0 Å². The summed E-state index contributed by atoms with van der Waals surface area (Å²) in [5.74, 6) is -0.751. The second kappa shape index (κ2) is 10.2. The minimum Gasteiger partial charge on any atom is -0.468 e. The molecular formula is C24H29NO5S. The molecule has 0 bridgehead atoms. The van der Waals surface area contributed by atoms with E-state index >= 15 is 0 Å². The molecule has 0 fully saturated rings. The molecule has 0 amide bonds. The molecule has 2 aromatic carbocycles. The van der Waals surface area contributed by atoms with Crippen LogP contribution < -0.4 is 0 Å². The zero-order valence-corrected chi connectivity index (χ0v) is 19.0. The van der Waals surface area contributed by atoms with Gasteiger partial charge in [0.05, 0.1) is 7.11 Å². The van der Waals surface area contributed by atoms with Crippen molar-refractivity contribution in [1.82, 2.24) is 4.31 Å². The van der Waals surface area contributed by atoms with Crippen LogP contribution >= 0.6 is 0 Å². The summed E-state index contributed by atoms with van der Waals surface area (Å²) in [6.07, 6.45) is 2.59. The molecule has 2 aromatic rings. The minimum absolute atomic E-state index is 0.0682. The van der Waals surface area contributed by atoms with Gasteiger partial charge in [-0.2, -0.15) is 4.31 Å². The highest BCUT2D eigenvalue weighted by Gasteiger charge is 2.38. The molecule has 1 aliphatic rings. The molecule has 0 aliphatic carbocycles. The number of carbonyl (C=O) groups is 1. The summed E-state index contributed by atoms with van der Waals surface area (Å²) in [7, 11) is -1.15. The van der Waals surface area contributed by atoms with Crippen molar-refractivity contribution in [2.75, 3.05) is 33.9 Å². The fraction of sp³-hybridized carbons (Fsp3) is 0.375. The Bertz CT molecular complexity index is 1050. The highest BCUT2D eigenvalue weighted by molar-refractivity contribution is 7.90. The molecule has 0 radical (unpaired) electrons. The van der Waals surface area contributed by atoms with Crippen molar-refractivity contribution in [2.24, 2.45) is 0 Å². The standard InChI is InChI=1S/C24H29NO5S/c1-18-17-21(9-10-22(18)20-7-5-4-6-8-20)19-11-14-25(15-12-19)31(27,28)23(13-16-29-2)24(26)30-3/h4-11,17,23H,12-16H2,1-3H3. The zero-order valence-electron chi connectivity index (χ0n) is 18.2. The third-order valence-corrected chi connectivity index (χ3v) is 7.82. The summed E-state index contributed by atoms with van der Waals surface area (Å²) in [5.41, 5.74) is 5.74. The van der Waals surface area contributed by atoms with Crippen molar-refractivity contribution >= 4 is 21.6 Å². The summed E-state index contributed by atoms with van der Waals surface area (Å²) >= 11 is 0. The Morgan fingerprint density at radius 3 is 2.42 bits per heavy atom. The molecule has 0 saturated carbocycles. The maximum Gasteiger partial charge on any atom is 0.325 e. The molecule has 0 N–H and O–H groups in total. The van der Waals surface area contributed by atoms with Crippen molar-refractivity contribution in [1.29, 1.82) is 0 Å². The molecule has 0 saturated heterocycles. The second-order valence-electron chi connectivity index (χ2n) is 7.57. The summed E-state index contributed by atoms with van der Waals surface area (Å²) < 4.78 is 37.1. The third kappa shape index (κ3) is 5.23. The lowest BCUT2D eigenvalue weighted by Gasteiger charge is -2.29. The molecule has 7 heteroatoms. The lowest BCUT2D eigenvalue weighted by Crippen LogP contribution is -2.45. The van der Waals surface area contributed by atoms with Gasteiger partial charge < -0.3 is 9.47 Å². The van der Waals surface area contributed by atoms with Crippen molar-refractivity contribution in [3.05, 3.63) is 65.7 Å². The van der Waals surface area contributed by atoms with Gasteiger partial charge in [-0.1, -0.05) is 54.6 Å². The number of rotatable bonds is 8. The first-order chi connectivity index (χ1) is 14.9. The van der Waals surface area contributed by atoms with Crippen LogP contribution in [0.25, 0.3) is 16.7 Å². The molecule has 1 atom stereocenters. The van der Waals surface area contributed by atoms with Gasteiger partial charge in [0.25, 0.3) is 0 Å². The van der Waals surface area contributed by atoms with Gasteiger partial charge in [0.2, 0.25) is 10.0 Å². The molecule has 1 unspecified atom stereocenters. The lowest BCUT2D eigenvalue weighted by atomic mass is 9.94. The van der Waals surface area contributed by atoms with Gasteiger partial charge in [0, 0.05) is 26.8 Å². The van der Waals surface area contributed by atoms with Crippen molar-refractivity contribution < 1.29 is 22.7 Å². The predicted molar refractivity (Wildman–Crippen MR) is 122 cm³/mol. The van der Waals surface area contributed by atoms with E-state index in [1.807, 2.05) is 24.3 Å². The summed E-state index contributed by atoms with van der Waals surface area (Å²) in [5, 5.41) is -1.25. The van der Waals surface area contributed by atoms with Gasteiger partial charge in [0.15, 0.2) is 5.25 Å². The maximum absolute atomic E-state index is 13.0. The van der Waals surface area contributed by atoms with Crippen LogP contribution in [0.4, 0.5) is 0 Å². The van der Waals surface area contributed by atoms with Gasteiger partial charge in [-0.25, -0.2) is 8.42 Å².